The Morgan fingerprint density at radius 1 is 1.25 bits per heavy atom. The molecule has 4 heterocycles. The molecule has 1 aliphatic carbocycles. The van der Waals surface area contributed by atoms with E-state index in [2.05, 4.69) is 25.4 Å². The molecule has 1 saturated carbocycles. The van der Waals surface area contributed by atoms with Crippen LogP contribution in [0.1, 0.15) is 19.8 Å². The monoisotopic (exact) mass is 379 g/mol. The van der Waals surface area contributed by atoms with Crippen molar-refractivity contribution in [1.82, 2.24) is 29.0 Å². The molecule has 28 heavy (non-hydrogen) atoms. The van der Waals surface area contributed by atoms with Gasteiger partial charge >= 0.3 is 0 Å². The predicted molar refractivity (Wildman–Crippen MR) is 104 cm³/mol. The van der Waals surface area contributed by atoms with Crippen molar-refractivity contribution in [3.8, 4) is 17.0 Å². The number of ether oxygens (including phenoxy) is 2. The van der Waals surface area contributed by atoms with Crippen molar-refractivity contribution < 1.29 is 9.47 Å². The molecule has 0 spiro atoms. The lowest BCUT2D eigenvalue weighted by Crippen LogP contribution is -2.41. The summed E-state index contributed by atoms with van der Waals surface area (Å²) >= 11 is 0. The molecule has 0 amide bonds. The van der Waals surface area contributed by atoms with Gasteiger partial charge in [0, 0.05) is 54.8 Å². The number of nitrogens with one attached hydrogen (secondary N) is 1. The van der Waals surface area contributed by atoms with Crippen molar-refractivity contribution in [1.29, 1.82) is 0 Å². The molecular formula is C19H21N7O2. The van der Waals surface area contributed by atoms with E-state index in [9.17, 15) is 0 Å². The van der Waals surface area contributed by atoms with Crippen molar-refractivity contribution in [2.24, 2.45) is 0 Å². The average Bonchev–Trinajstić information content (AvgIpc) is 3.31. The van der Waals surface area contributed by atoms with Crippen LogP contribution in [0.2, 0.25) is 0 Å². The number of methoxy groups -OCH3 is 1. The third kappa shape index (κ3) is 2.84. The number of aromatic nitrogens is 6. The second-order valence-corrected chi connectivity index (χ2v) is 6.83. The fourth-order valence-electron chi connectivity index (χ4n) is 3.62. The summed E-state index contributed by atoms with van der Waals surface area (Å²) in [6, 6.07) is 2.31. The zero-order valence-corrected chi connectivity index (χ0v) is 15.7. The fourth-order valence-corrected chi connectivity index (χ4v) is 3.62. The molecule has 4 aromatic rings. The highest BCUT2D eigenvalue weighted by Crippen LogP contribution is 2.32. The van der Waals surface area contributed by atoms with Gasteiger partial charge in [-0.25, -0.2) is 14.5 Å². The first kappa shape index (κ1) is 16.9. The maximum atomic E-state index is 5.61. The molecule has 0 aliphatic heterocycles. The maximum Gasteiger partial charge on any atom is 0.244 e. The normalized spacial score (nSPS) is 19.1. The molecule has 9 nitrogen and oxygen atoms in total. The Hall–Kier alpha value is -3.20. The van der Waals surface area contributed by atoms with Crippen LogP contribution in [0.15, 0.2) is 37.1 Å². The zero-order valence-electron chi connectivity index (χ0n) is 15.7. The molecule has 0 unspecified atom stereocenters. The Balaban J connectivity index is 1.47. The smallest absolute Gasteiger partial charge is 0.244 e. The van der Waals surface area contributed by atoms with E-state index < -0.39 is 0 Å². The van der Waals surface area contributed by atoms with Crippen LogP contribution < -0.4 is 10.1 Å². The van der Waals surface area contributed by atoms with Crippen LogP contribution in [-0.2, 0) is 4.74 Å². The van der Waals surface area contributed by atoms with Crippen LogP contribution in [0, 0.1) is 0 Å². The Labute approximate surface area is 161 Å². The van der Waals surface area contributed by atoms with Crippen LogP contribution in [0.5, 0.6) is 5.88 Å². The standard InChI is InChI=1S/C19H21N7O2/c1-3-28-14-8-13(9-14)22-18-23-17(27-2)16-15(4-6-26(16)24-18)12-10-21-19-20-5-7-25(19)11-12/h4-7,10-11,13-14H,3,8-9H2,1-2H3,(H,22,24)/t13-,14+. The van der Waals surface area contributed by atoms with E-state index in [0.29, 0.717) is 29.8 Å². The van der Waals surface area contributed by atoms with E-state index in [4.69, 9.17) is 9.47 Å². The number of fused-ring (bicyclic) bond motifs is 2. The lowest BCUT2D eigenvalue weighted by atomic mass is 9.89. The summed E-state index contributed by atoms with van der Waals surface area (Å²) < 4.78 is 14.9. The van der Waals surface area contributed by atoms with Gasteiger partial charge in [0.1, 0.15) is 5.52 Å². The minimum absolute atomic E-state index is 0.321. The largest absolute Gasteiger partial charge is 0.479 e. The second-order valence-electron chi connectivity index (χ2n) is 6.83. The number of hydrogen-bond donors (Lipinski definition) is 1. The van der Waals surface area contributed by atoms with Crippen LogP contribution in [-0.4, -0.2) is 54.8 Å². The van der Waals surface area contributed by atoms with E-state index in [1.165, 1.54) is 0 Å². The summed E-state index contributed by atoms with van der Waals surface area (Å²) in [5.41, 5.74) is 2.69. The van der Waals surface area contributed by atoms with Gasteiger partial charge in [-0.15, -0.1) is 5.10 Å². The number of nitrogens with zero attached hydrogens (tertiary/aromatic N) is 6. The predicted octanol–water partition coefficient (Wildman–Crippen LogP) is 2.43. The highest BCUT2D eigenvalue weighted by molar-refractivity contribution is 5.84. The molecule has 0 atom stereocenters. The van der Waals surface area contributed by atoms with Crippen LogP contribution in [0.4, 0.5) is 5.95 Å². The van der Waals surface area contributed by atoms with Gasteiger partial charge in [-0.2, -0.15) is 4.98 Å². The quantitative estimate of drug-likeness (QED) is 0.550. The molecule has 1 fully saturated rings. The summed E-state index contributed by atoms with van der Waals surface area (Å²) in [6.07, 6.45) is 11.5. The Bertz CT molecular complexity index is 1130. The highest BCUT2D eigenvalue weighted by atomic mass is 16.5. The van der Waals surface area contributed by atoms with Gasteiger partial charge < -0.3 is 14.8 Å². The van der Waals surface area contributed by atoms with Gasteiger partial charge in [-0.05, 0) is 25.8 Å². The molecule has 5 rings (SSSR count). The molecule has 0 bridgehead atoms. The van der Waals surface area contributed by atoms with Crippen molar-refractivity contribution in [2.45, 2.75) is 31.9 Å². The van der Waals surface area contributed by atoms with E-state index >= 15 is 0 Å². The lowest BCUT2D eigenvalue weighted by Gasteiger charge is -2.35. The molecule has 144 valence electrons. The zero-order chi connectivity index (χ0) is 19.1. The fraction of sp³-hybridized carbons (Fsp3) is 0.368. The van der Waals surface area contributed by atoms with Gasteiger partial charge in [-0.1, -0.05) is 0 Å². The van der Waals surface area contributed by atoms with Crippen molar-refractivity contribution in [3.63, 3.8) is 0 Å². The topological polar surface area (TPSA) is 90.9 Å². The minimum atomic E-state index is 0.321. The third-order valence-electron chi connectivity index (χ3n) is 5.06. The number of anilines is 1. The summed E-state index contributed by atoms with van der Waals surface area (Å²) in [5.74, 6) is 1.73. The van der Waals surface area contributed by atoms with Crippen molar-refractivity contribution in [3.05, 3.63) is 37.1 Å². The Kier molecular flexibility index (Phi) is 4.09. The molecule has 1 N–H and O–H groups in total. The van der Waals surface area contributed by atoms with Crippen LogP contribution in [0.3, 0.4) is 0 Å². The van der Waals surface area contributed by atoms with Gasteiger partial charge in [-0.3, -0.25) is 4.40 Å². The Morgan fingerprint density at radius 2 is 2.14 bits per heavy atom. The number of rotatable bonds is 6. The summed E-state index contributed by atoms with van der Waals surface area (Å²) in [5, 5.41) is 7.98. The average molecular weight is 379 g/mol. The summed E-state index contributed by atoms with van der Waals surface area (Å²) in [6.45, 7) is 2.77. The first-order chi connectivity index (χ1) is 13.7. The first-order valence-electron chi connectivity index (χ1n) is 9.35. The molecule has 0 radical (unpaired) electrons. The van der Waals surface area contributed by atoms with E-state index in [-0.39, 0.29) is 0 Å². The first-order valence-corrected chi connectivity index (χ1v) is 9.35. The molecule has 9 heteroatoms. The third-order valence-corrected chi connectivity index (χ3v) is 5.06. The van der Waals surface area contributed by atoms with Gasteiger partial charge in [0.05, 0.1) is 13.2 Å². The summed E-state index contributed by atoms with van der Waals surface area (Å²) in [7, 11) is 1.62. The highest BCUT2D eigenvalue weighted by Gasteiger charge is 2.30. The molecule has 4 aromatic heterocycles. The number of hydrogen-bond acceptors (Lipinski definition) is 7. The Morgan fingerprint density at radius 3 is 2.96 bits per heavy atom. The van der Waals surface area contributed by atoms with Crippen LogP contribution in [0.25, 0.3) is 22.4 Å². The molecule has 1 aliphatic rings. The molecule has 0 aromatic carbocycles. The van der Waals surface area contributed by atoms with Gasteiger partial charge in [0.15, 0.2) is 0 Å². The van der Waals surface area contributed by atoms with Crippen molar-refractivity contribution in [2.75, 3.05) is 19.0 Å². The molecular weight excluding hydrogens is 358 g/mol. The van der Waals surface area contributed by atoms with E-state index in [1.807, 2.05) is 36.0 Å². The van der Waals surface area contributed by atoms with Gasteiger partial charge in [0.25, 0.3) is 0 Å². The van der Waals surface area contributed by atoms with Gasteiger partial charge in [0.2, 0.25) is 17.6 Å². The second kappa shape index (κ2) is 6.75. The summed E-state index contributed by atoms with van der Waals surface area (Å²) in [4.78, 5) is 13.2. The van der Waals surface area contributed by atoms with E-state index in [0.717, 1.165) is 36.1 Å². The number of imidazole rings is 1. The molecule has 0 saturated heterocycles. The maximum absolute atomic E-state index is 5.61. The van der Waals surface area contributed by atoms with E-state index in [1.54, 1.807) is 24.0 Å². The van der Waals surface area contributed by atoms with Crippen LogP contribution >= 0.6 is 0 Å². The minimum Gasteiger partial charge on any atom is -0.479 e. The SMILES string of the molecule is CCO[C@H]1C[C@@H](Nc2nc(OC)c3c(-c4cnc5nccn5c4)ccn3n2)C1. The van der Waals surface area contributed by atoms with Crippen molar-refractivity contribution >= 4 is 17.2 Å². The lowest BCUT2D eigenvalue weighted by molar-refractivity contribution is 0.00282.